The van der Waals surface area contributed by atoms with Crippen LogP contribution >= 0.6 is 15.9 Å². The van der Waals surface area contributed by atoms with Gasteiger partial charge in [-0.2, -0.15) is 0 Å². The fourth-order valence-corrected chi connectivity index (χ4v) is 2.28. The molecule has 0 unspecified atom stereocenters. The van der Waals surface area contributed by atoms with Gasteiger partial charge in [0.15, 0.2) is 0 Å². The summed E-state index contributed by atoms with van der Waals surface area (Å²) in [5, 5.41) is 2.91. The van der Waals surface area contributed by atoms with Gasteiger partial charge in [-0.3, -0.25) is 4.79 Å². The first-order valence-corrected chi connectivity index (χ1v) is 7.60. The fraction of sp³-hybridized carbons (Fsp3) is 0.235. The molecule has 0 heterocycles. The van der Waals surface area contributed by atoms with E-state index >= 15 is 0 Å². The van der Waals surface area contributed by atoms with E-state index in [9.17, 15) is 4.79 Å². The zero-order chi connectivity index (χ0) is 15.4. The third kappa shape index (κ3) is 4.08. The summed E-state index contributed by atoms with van der Waals surface area (Å²) in [5.74, 6) is 0.538. The van der Waals surface area contributed by atoms with E-state index in [1.165, 1.54) is 0 Å². The SMILES string of the molecule is Cc1cccc(NC(=O)c2cccc(OC(C)C)c2)c1Br. The number of aryl methyl sites for hydroxylation is 1. The molecule has 0 bridgehead atoms. The van der Waals surface area contributed by atoms with Gasteiger partial charge in [-0.1, -0.05) is 18.2 Å². The number of ether oxygens (including phenoxy) is 1. The van der Waals surface area contributed by atoms with Crippen molar-refractivity contribution in [2.75, 3.05) is 5.32 Å². The number of halogens is 1. The van der Waals surface area contributed by atoms with Gasteiger partial charge in [0, 0.05) is 10.0 Å². The first kappa shape index (κ1) is 15.6. The summed E-state index contributed by atoms with van der Waals surface area (Å²) in [6.45, 7) is 5.89. The minimum atomic E-state index is -0.157. The van der Waals surface area contributed by atoms with Crippen LogP contribution < -0.4 is 10.1 Å². The van der Waals surface area contributed by atoms with Gasteiger partial charge >= 0.3 is 0 Å². The van der Waals surface area contributed by atoms with E-state index in [1.54, 1.807) is 12.1 Å². The van der Waals surface area contributed by atoms with Crippen LogP contribution in [0.15, 0.2) is 46.9 Å². The van der Waals surface area contributed by atoms with Crippen molar-refractivity contribution in [1.29, 1.82) is 0 Å². The van der Waals surface area contributed by atoms with Crippen LogP contribution in [-0.4, -0.2) is 12.0 Å². The summed E-state index contributed by atoms with van der Waals surface area (Å²) in [6.07, 6.45) is 0.0780. The Morgan fingerprint density at radius 2 is 1.90 bits per heavy atom. The highest BCUT2D eigenvalue weighted by atomic mass is 79.9. The largest absolute Gasteiger partial charge is 0.491 e. The predicted octanol–water partition coefficient (Wildman–Crippen LogP) is 4.80. The van der Waals surface area contributed by atoms with Gasteiger partial charge in [0.2, 0.25) is 0 Å². The number of amides is 1. The molecule has 0 fully saturated rings. The van der Waals surface area contributed by atoms with Gasteiger partial charge in [-0.25, -0.2) is 0 Å². The summed E-state index contributed by atoms with van der Waals surface area (Å²) in [4.78, 5) is 12.3. The molecule has 2 rings (SSSR count). The molecule has 2 aromatic carbocycles. The Balaban J connectivity index is 2.18. The maximum absolute atomic E-state index is 12.3. The van der Waals surface area contributed by atoms with Crippen molar-refractivity contribution >= 4 is 27.5 Å². The Hall–Kier alpha value is -1.81. The summed E-state index contributed by atoms with van der Waals surface area (Å²) < 4.78 is 6.51. The Labute approximate surface area is 133 Å². The quantitative estimate of drug-likeness (QED) is 0.862. The Morgan fingerprint density at radius 3 is 2.62 bits per heavy atom. The zero-order valence-electron chi connectivity index (χ0n) is 12.3. The van der Waals surface area contributed by atoms with Crippen molar-refractivity contribution in [3.63, 3.8) is 0 Å². The molecule has 2 aromatic rings. The molecular weight excluding hydrogens is 330 g/mol. The number of nitrogens with one attached hydrogen (secondary N) is 1. The molecule has 0 aliphatic heterocycles. The van der Waals surface area contributed by atoms with E-state index in [2.05, 4.69) is 21.2 Å². The molecule has 0 saturated heterocycles. The average molecular weight is 348 g/mol. The lowest BCUT2D eigenvalue weighted by atomic mass is 10.1. The Kier molecular flexibility index (Phi) is 5.02. The van der Waals surface area contributed by atoms with Crippen LogP contribution in [-0.2, 0) is 0 Å². The van der Waals surface area contributed by atoms with E-state index in [4.69, 9.17) is 4.74 Å². The number of hydrogen-bond donors (Lipinski definition) is 1. The summed E-state index contributed by atoms with van der Waals surface area (Å²) in [5.41, 5.74) is 2.40. The second kappa shape index (κ2) is 6.76. The van der Waals surface area contributed by atoms with Crippen molar-refractivity contribution in [3.05, 3.63) is 58.1 Å². The molecule has 0 aliphatic carbocycles. The number of hydrogen-bond acceptors (Lipinski definition) is 2. The van der Waals surface area contributed by atoms with Crippen molar-refractivity contribution in [2.24, 2.45) is 0 Å². The molecule has 0 aliphatic rings. The lowest BCUT2D eigenvalue weighted by molar-refractivity contribution is 0.102. The fourth-order valence-electron chi connectivity index (χ4n) is 1.92. The third-order valence-corrected chi connectivity index (χ3v) is 3.96. The smallest absolute Gasteiger partial charge is 0.255 e. The van der Waals surface area contributed by atoms with Crippen molar-refractivity contribution in [1.82, 2.24) is 0 Å². The lowest BCUT2D eigenvalue weighted by Gasteiger charge is -2.12. The summed E-state index contributed by atoms with van der Waals surface area (Å²) in [6, 6.07) is 12.9. The van der Waals surface area contributed by atoms with Crippen LogP contribution in [0.25, 0.3) is 0 Å². The predicted molar refractivity (Wildman–Crippen MR) is 89.0 cm³/mol. The second-order valence-corrected chi connectivity index (χ2v) is 5.88. The van der Waals surface area contributed by atoms with Crippen molar-refractivity contribution in [2.45, 2.75) is 26.9 Å². The van der Waals surface area contributed by atoms with Crippen LogP contribution in [0.3, 0.4) is 0 Å². The lowest BCUT2D eigenvalue weighted by Crippen LogP contribution is -2.13. The molecule has 21 heavy (non-hydrogen) atoms. The number of carbonyl (C=O) groups is 1. The van der Waals surface area contributed by atoms with Crippen LogP contribution in [0.1, 0.15) is 29.8 Å². The van der Waals surface area contributed by atoms with Crippen molar-refractivity contribution < 1.29 is 9.53 Å². The molecule has 1 amide bonds. The highest BCUT2D eigenvalue weighted by Crippen LogP contribution is 2.26. The Morgan fingerprint density at radius 1 is 1.19 bits per heavy atom. The number of rotatable bonds is 4. The van der Waals surface area contributed by atoms with E-state index in [-0.39, 0.29) is 12.0 Å². The molecule has 0 radical (unpaired) electrons. The second-order valence-electron chi connectivity index (χ2n) is 5.09. The van der Waals surface area contributed by atoms with Crippen LogP contribution in [0.5, 0.6) is 5.75 Å². The minimum absolute atomic E-state index is 0.0780. The number of anilines is 1. The first-order valence-electron chi connectivity index (χ1n) is 6.80. The topological polar surface area (TPSA) is 38.3 Å². The standard InChI is InChI=1S/C17H18BrNO2/c1-11(2)21-14-8-5-7-13(10-14)17(20)19-15-9-4-6-12(3)16(15)18/h4-11H,1-3H3,(H,19,20). The third-order valence-electron chi connectivity index (χ3n) is 2.91. The Bertz CT molecular complexity index is 653. The molecule has 3 nitrogen and oxygen atoms in total. The summed E-state index contributed by atoms with van der Waals surface area (Å²) >= 11 is 3.49. The van der Waals surface area contributed by atoms with Gasteiger partial charge in [0.1, 0.15) is 5.75 Å². The van der Waals surface area contributed by atoms with Crippen molar-refractivity contribution in [3.8, 4) is 5.75 Å². The van der Waals surface area contributed by atoms with Crippen LogP contribution in [0.4, 0.5) is 5.69 Å². The summed E-state index contributed by atoms with van der Waals surface area (Å²) in [7, 11) is 0. The highest BCUT2D eigenvalue weighted by molar-refractivity contribution is 9.10. The molecular formula is C17H18BrNO2. The highest BCUT2D eigenvalue weighted by Gasteiger charge is 2.10. The normalized spacial score (nSPS) is 10.5. The van der Waals surface area contributed by atoms with E-state index in [0.717, 1.165) is 15.7 Å². The van der Waals surface area contributed by atoms with E-state index < -0.39 is 0 Å². The molecule has 110 valence electrons. The van der Waals surface area contributed by atoms with Gasteiger partial charge in [0.05, 0.1) is 11.8 Å². The molecule has 0 atom stereocenters. The molecule has 4 heteroatoms. The molecule has 0 spiro atoms. The van der Waals surface area contributed by atoms with Crippen LogP contribution in [0, 0.1) is 6.92 Å². The van der Waals surface area contributed by atoms with E-state index in [1.807, 2.05) is 51.1 Å². The van der Waals surface area contributed by atoms with Gasteiger partial charge in [0.25, 0.3) is 5.91 Å². The first-order chi connectivity index (χ1) is 9.97. The van der Waals surface area contributed by atoms with Crippen LogP contribution in [0.2, 0.25) is 0 Å². The zero-order valence-corrected chi connectivity index (χ0v) is 13.9. The van der Waals surface area contributed by atoms with Gasteiger partial charge in [-0.15, -0.1) is 0 Å². The molecule has 1 N–H and O–H groups in total. The van der Waals surface area contributed by atoms with Gasteiger partial charge in [-0.05, 0) is 66.5 Å². The number of carbonyl (C=O) groups excluding carboxylic acids is 1. The number of benzene rings is 2. The maximum Gasteiger partial charge on any atom is 0.255 e. The maximum atomic E-state index is 12.3. The van der Waals surface area contributed by atoms with Gasteiger partial charge < -0.3 is 10.1 Å². The molecule has 0 saturated carbocycles. The van der Waals surface area contributed by atoms with E-state index in [0.29, 0.717) is 11.3 Å². The average Bonchev–Trinajstić information content (AvgIpc) is 2.43. The monoisotopic (exact) mass is 347 g/mol. The minimum Gasteiger partial charge on any atom is -0.491 e. The molecule has 0 aromatic heterocycles.